The molecule has 0 aliphatic carbocycles. The van der Waals surface area contributed by atoms with Crippen molar-refractivity contribution in [1.82, 2.24) is 5.01 Å². The average molecular weight is 446 g/mol. The van der Waals surface area contributed by atoms with Gasteiger partial charge in [0.2, 0.25) is 5.91 Å². The first-order chi connectivity index (χ1) is 13.4. The van der Waals surface area contributed by atoms with Crippen molar-refractivity contribution in [3.63, 3.8) is 0 Å². The molecule has 0 fully saturated rings. The monoisotopic (exact) mass is 445 g/mol. The maximum Gasteiger partial charge on any atom is 0.303 e. The van der Waals surface area contributed by atoms with Crippen LogP contribution in [0, 0.1) is 10.1 Å². The molecule has 0 spiro atoms. The molecule has 8 nitrogen and oxygen atoms in total. The minimum atomic E-state index is -1.09. The summed E-state index contributed by atoms with van der Waals surface area (Å²) in [6, 6.07) is 12.9. The number of rotatable bonds is 6. The molecule has 9 heteroatoms. The highest BCUT2D eigenvalue weighted by Gasteiger charge is 2.36. The van der Waals surface area contributed by atoms with Gasteiger partial charge in [-0.3, -0.25) is 19.7 Å². The summed E-state index contributed by atoms with van der Waals surface area (Å²) in [5.74, 6) is -1.58. The molecule has 0 saturated heterocycles. The third-order valence-corrected chi connectivity index (χ3v) is 4.92. The number of carboxylic acid groups (broad SMARTS) is 1. The Balaban J connectivity index is 1.98. The lowest BCUT2D eigenvalue weighted by Crippen LogP contribution is -2.27. The van der Waals surface area contributed by atoms with E-state index in [4.69, 9.17) is 5.11 Å². The Morgan fingerprint density at radius 1 is 1.18 bits per heavy atom. The number of nitrogens with zero attached hydrogens (tertiary/aromatic N) is 3. The summed E-state index contributed by atoms with van der Waals surface area (Å²) in [6.45, 7) is 0. The third-order valence-electron chi connectivity index (χ3n) is 4.39. The molecule has 0 saturated carbocycles. The maximum absolute atomic E-state index is 12.6. The first kappa shape index (κ1) is 19.7. The van der Waals surface area contributed by atoms with Crippen LogP contribution in [0.2, 0.25) is 0 Å². The summed E-state index contributed by atoms with van der Waals surface area (Å²) < 4.78 is 0.888. The van der Waals surface area contributed by atoms with E-state index in [1.807, 2.05) is 24.3 Å². The summed E-state index contributed by atoms with van der Waals surface area (Å²) >= 11 is 3.36. The highest BCUT2D eigenvalue weighted by atomic mass is 79.9. The summed E-state index contributed by atoms with van der Waals surface area (Å²) in [5, 5.41) is 25.9. The van der Waals surface area contributed by atoms with Crippen molar-refractivity contribution in [3.05, 3.63) is 74.2 Å². The summed E-state index contributed by atoms with van der Waals surface area (Å²) in [6.07, 6.45) is -0.267. The Bertz CT molecular complexity index is 958. The van der Waals surface area contributed by atoms with Crippen LogP contribution in [0.5, 0.6) is 0 Å². The smallest absolute Gasteiger partial charge is 0.303 e. The number of hydrogen-bond acceptors (Lipinski definition) is 5. The number of nitro benzene ring substituents is 1. The van der Waals surface area contributed by atoms with Gasteiger partial charge in [-0.15, -0.1) is 0 Å². The quantitative estimate of drug-likeness (QED) is 0.534. The molecule has 2 aromatic carbocycles. The molecule has 0 bridgehead atoms. The number of nitro groups is 1. The van der Waals surface area contributed by atoms with E-state index in [9.17, 15) is 19.7 Å². The third kappa shape index (κ3) is 4.25. The molecule has 1 unspecified atom stereocenters. The second kappa shape index (κ2) is 8.30. The molecule has 1 atom stereocenters. The molecule has 144 valence electrons. The lowest BCUT2D eigenvalue weighted by atomic mass is 9.97. The fourth-order valence-corrected chi connectivity index (χ4v) is 3.33. The Morgan fingerprint density at radius 2 is 1.86 bits per heavy atom. The normalized spacial score (nSPS) is 16.0. The molecule has 1 N–H and O–H groups in total. The molecule has 0 aromatic heterocycles. The molecule has 1 aliphatic rings. The molecule has 0 radical (unpaired) electrons. The molecular weight excluding hydrogens is 430 g/mol. The summed E-state index contributed by atoms with van der Waals surface area (Å²) in [4.78, 5) is 34.4. The Morgan fingerprint density at radius 3 is 2.50 bits per heavy atom. The summed E-state index contributed by atoms with van der Waals surface area (Å²) in [7, 11) is 0. The fraction of sp³-hybridized carbons (Fsp3) is 0.211. The van der Waals surface area contributed by atoms with Crippen molar-refractivity contribution < 1.29 is 19.6 Å². The fourth-order valence-electron chi connectivity index (χ4n) is 3.06. The van der Waals surface area contributed by atoms with Crippen LogP contribution < -0.4 is 0 Å². The van der Waals surface area contributed by atoms with Crippen LogP contribution in [0.3, 0.4) is 0 Å². The molecule has 1 amide bonds. The van der Waals surface area contributed by atoms with Gasteiger partial charge in [-0.2, -0.15) is 5.10 Å². The summed E-state index contributed by atoms with van der Waals surface area (Å²) in [5.41, 5.74) is 1.67. The standard InChI is InChI=1S/C19H16BrN3O5/c20-13-7-5-12(6-8-13)15-11-17(14-3-1-2-4-16(14)23(27)28)22(21-15)18(24)9-10-19(25)26/h1-8,17H,9-11H2,(H,25,26). The van der Waals surface area contributed by atoms with E-state index in [0.717, 1.165) is 10.0 Å². The zero-order valence-electron chi connectivity index (χ0n) is 14.6. The van der Waals surface area contributed by atoms with Gasteiger partial charge in [0.15, 0.2) is 0 Å². The van der Waals surface area contributed by atoms with Crippen LogP contribution >= 0.6 is 15.9 Å². The minimum absolute atomic E-state index is 0.101. The van der Waals surface area contributed by atoms with Gasteiger partial charge < -0.3 is 5.11 Å². The van der Waals surface area contributed by atoms with Crippen LogP contribution in [0.1, 0.15) is 36.4 Å². The SMILES string of the molecule is O=C(O)CCC(=O)N1N=C(c2ccc(Br)cc2)CC1c1ccccc1[N+](=O)[O-]. The van der Waals surface area contributed by atoms with E-state index in [2.05, 4.69) is 21.0 Å². The van der Waals surface area contributed by atoms with E-state index >= 15 is 0 Å². The van der Waals surface area contributed by atoms with E-state index in [0.29, 0.717) is 17.7 Å². The molecule has 2 aromatic rings. The van der Waals surface area contributed by atoms with Gasteiger partial charge in [-0.1, -0.05) is 40.2 Å². The number of carbonyl (C=O) groups excluding carboxylic acids is 1. The van der Waals surface area contributed by atoms with Crippen molar-refractivity contribution in [2.45, 2.75) is 25.3 Å². The number of aliphatic carboxylic acids is 1. The van der Waals surface area contributed by atoms with Crippen molar-refractivity contribution in [2.75, 3.05) is 0 Å². The van der Waals surface area contributed by atoms with Crippen molar-refractivity contribution >= 4 is 39.2 Å². The van der Waals surface area contributed by atoms with Crippen LogP contribution in [-0.2, 0) is 9.59 Å². The van der Waals surface area contributed by atoms with Gasteiger partial charge in [0, 0.05) is 23.4 Å². The van der Waals surface area contributed by atoms with Gasteiger partial charge in [0.25, 0.3) is 5.69 Å². The van der Waals surface area contributed by atoms with Crippen LogP contribution in [-0.4, -0.2) is 32.6 Å². The number of amides is 1. The number of halogens is 1. The zero-order chi connectivity index (χ0) is 20.3. The number of hydrogen-bond donors (Lipinski definition) is 1. The van der Waals surface area contributed by atoms with E-state index in [-0.39, 0.29) is 18.5 Å². The van der Waals surface area contributed by atoms with Gasteiger partial charge in [0.1, 0.15) is 0 Å². The molecule has 1 heterocycles. The van der Waals surface area contributed by atoms with E-state index in [1.54, 1.807) is 18.2 Å². The van der Waals surface area contributed by atoms with Crippen LogP contribution in [0.15, 0.2) is 58.1 Å². The number of para-hydroxylation sites is 1. The maximum atomic E-state index is 12.6. The Kier molecular flexibility index (Phi) is 5.84. The van der Waals surface area contributed by atoms with E-state index < -0.39 is 22.8 Å². The minimum Gasteiger partial charge on any atom is -0.481 e. The van der Waals surface area contributed by atoms with Crippen molar-refractivity contribution in [3.8, 4) is 0 Å². The van der Waals surface area contributed by atoms with Crippen molar-refractivity contribution in [2.24, 2.45) is 5.10 Å². The first-order valence-electron chi connectivity index (χ1n) is 8.47. The molecule has 28 heavy (non-hydrogen) atoms. The lowest BCUT2D eigenvalue weighted by molar-refractivity contribution is -0.385. The van der Waals surface area contributed by atoms with Gasteiger partial charge in [0.05, 0.1) is 28.7 Å². The zero-order valence-corrected chi connectivity index (χ0v) is 16.2. The predicted molar refractivity (Wildman–Crippen MR) is 105 cm³/mol. The Hall–Kier alpha value is -3.07. The largest absolute Gasteiger partial charge is 0.481 e. The van der Waals surface area contributed by atoms with Crippen LogP contribution in [0.25, 0.3) is 0 Å². The number of carboxylic acids is 1. The first-order valence-corrected chi connectivity index (χ1v) is 9.26. The molecule has 1 aliphatic heterocycles. The highest BCUT2D eigenvalue weighted by molar-refractivity contribution is 9.10. The second-order valence-electron chi connectivity index (χ2n) is 6.22. The average Bonchev–Trinajstić information content (AvgIpc) is 3.12. The van der Waals surface area contributed by atoms with E-state index in [1.165, 1.54) is 11.1 Å². The Labute approximate surface area is 168 Å². The topological polar surface area (TPSA) is 113 Å². The number of benzene rings is 2. The number of carbonyl (C=O) groups is 2. The lowest BCUT2D eigenvalue weighted by Gasteiger charge is -2.21. The number of hydrazone groups is 1. The van der Waals surface area contributed by atoms with Crippen LogP contribution in [0.4, 0.5) is 5.69 Å². The van der Waals surface area contributed by atoms with Crippen molar-refractivity contribution in [1.29, 1.82) is 0 Å². The predicted octanol–water partition coefficient (Wildman–Crippen LogP) is 3.90. The highest BCUT2D eigenvalue weighted by Crippen LogP contribution is 2.37. The van der Waals surface area contributed by atoms with Gasteiger partial charge in [-0.05, 0) is 23.8 Å². The molecule has 3 rings (SSSR count). The van der Waals surface area contributed by atoms with Gasteiger partial charge >= 0.3 is 5.97 Å². The van der Waals surface area contributed by atoms with Gasteiger partial charge in [-0.25, -0.2) is 5.01 Å². The second-order valence-corrected chi connectivity index (χ2v) is 7.14. The molecular formula is C19H16BrN3O5.